The molecule has 1 heterocycles. The fraction of sp³-hybridized carbons (Fsp3) is 0.143. The Balaban J connectivity index is 1.68. The topological polar surface area (TPSA) is 65.4 Å². The summed E-state index contributed by atoms with van der Waals surface area (Å²) >= 11 is 0. The van der Waals surface area contributed by atoms with Gasteiger partial charge in [0, 0.05) is 12.4 Å². The quantitative estimate of drug-likeness (QED) is 0.691. The van der Waals surface area contributed by atoms with Gasteiger partial charge in [-0.2, -0.15) is 5.10 Å². The summed E-state index contributed by atoms with van der Waals surface area (Å²) in [6.07, 6.45) is 7.41. The van der Waals surface area contributed by atoms with Gasteiger partial charge in [-0.3, -0.25) is 4.79 Å². The fourth-order valence-electron chi connectivity index (χ4n) is 2.62. The number of carbonyl (C=O) groups is 1. The van der Waals surface area contributed by atoms with Crippen LogP contribution in [0.25, 0.3) is 11.8 Å². The minimum Gasteiger partial charge on any atom is -0.493 e. The van der Waals surface area contributed by atoms with E-state index in [1.54, 1.807) is 24.1 Å². The maximum atomic E-state index is 12.4. The Morgan fingerprint density at radius 3 is 2.78 bits per heavy atom. The van der Waals surface area contributed by atoms with Gasteiger partial charge in [-0.25, -0.2) is 4.68 Å². The molecule has 1 N–H and O–H groups in total. The van der Waals surface area contributed by atoms with Crippen molar-refractivity contribution in [1.29, 1.82) is 0 Å². The van der Waals surface area contributed by atoms with Crippen LogP contribution in [0.3, 0.4) is 0 Å². The number of ether oxygens (including phenoxy) is 2. The van der Waals surface area contributed by atoms with Crippen molar-refractivity contribution >= 4 is 17.7 Å². The van der Waals surface area contributed by atoms with Gasteiger partial charge in [0.2, 0.25) is 0 Å². The number of hydrogen-bond acceptors (Lipinski definition) is 4. The molecule has 1 aromatic heterocycles. The average molecular weight is 363 g/mol. The van der Waals surface area contributed by atoms with Gasteiger partial charge in [0.15, 0.2) is 18.1 Å². The van der Waals surface area contributed by atoms with Crippen LogP contribution in [0.5, 0.6) is 11.5 Å². The van der Waals surface area contributed by atoms with E-state index < -0.39 is 0 Å². The number of allylic oxidation sites excluding steroid dienone is 1. The van der Waals surface area contributed by atoms with Crippen molar-refractivity contribution in [2.45, 2.75) is 6.92 Å². The highest BCUT2D eigenvalue weighted by Crippen LogP contribution is 2.28. The molecule has 0 atom stereocenters. The van der Waals surface area contributed by atoms with Gasteiger partial charge in [0.1, 0.15) is 0 Å². The van der Waals surface area contributed by atoms with E-state index >= 15 is 0 Å². The minimum atomic E-state index is -0.269. The van der Waals surface area contributed by atoms with Crippen LogP contribution in [0.1, 0.15) is 12.5 Å². The van der Waals surface area contributed by atoms with E-state index in [1.807, 2.05) is 67.7 Å². The van der Waals surface area contributed by atoms with Crippen LogP contribution < -0.4 is 14.8 Å². The number of aromatic nitrogens is 2. The molecular weight excluding hydrogens is 342 g/mol. The van der Waals surface area contributed by atoms with Crippen molar-refractivity contribution in [3.63, 3.8) is 0 Å². The molecule has 0 aliphatic carbocycles. The molecular formula is C21H21N3O3. The van der Waals surface area contributed by atoms with E-state index in [0.717, 1.165) is 11.3 Å². The lowest BCUT2D eigenvalue weighted by atomic mass is 10.2. The number of rotatable bonds is 7. The normalized spacial score (nSPS) is 10.7. The van der Waals surface area contributed by atoms with Crippen LogP contribution in [-0.4, -0.2) is 29.4 Å². The monoisotopic (exact) mass is 363 g/mol. The van der Waals surface area contributed by atoms with Gasteiger partial charge in [0.25, 0.3) is 5.91 Å². The van der Waals surface area contributed by atoms with Gasteiger partial charge in [-0.1, -0.05) is 30.4 Å². The summed E-state index contributed by atoms with van der Waals surface area (Å²) in [5.74, 6) is 0.825. The van der Waals surface area contributed by atoms with E-state index in [4.69, 9.17) is 9.47 Å². The third-order valence-electron chi connectivity index (χ3n) is 3.83. The number of nitrogens with one attached hydrogen (secondary N) is 1. The number of nitrogens with zero attached hydrogens (tertiary/aromatic N) is 2. The third kappa shape index (κ3) is 4.55. The number of anilines is 1. The summed E-state index contributed by atoms with van der Waals surface area (Å²) in [4.78, 5) is 12.4. The first-order valence-electron chi connectivity index (χ1n) is 8.53. The van der Waals surface area contributed by atoms with Crippen molar-refractivity contribution in [3.8, 4) is 17.2 Å². The zero-order chi connectivity index (χ0) is 19.1. The Bertz CT molecular complexity index is 934. The molecule has 27 heavy (non-hydrogen) atoms. The predicted molar refractivity (Wildman–Crippen MR) is 105 cm³/mol. The highest BCUT2D eigenvalue weighted by molar-refractivity contribution is 5.93. The lowest BCUT2D eigenvalue weighted by molar-refractivity contribution is -0.118. The molecule has 0 unspecified atom stereocenters. The maximum absolute atomic E-state index is 12.4. The van der Waals surface area contributed by atoms with Crippen LogP contribution in [-0.2, 0) is 4.79 Å². The van der Waals surface area contributed by atoms with Gasteiger partial charge in [-0.15, -0.1) is 0 Å². The summed E-state index contributed by atoms with van der Waals surface area (Å²) in [6.45, 7) is 1.81. The molecule has 6 heteroatoms. The molecule has 0 aliphatic rings. The summed E-state index contributed by atoms with van der Waals surface area (Å²) in [6, 6.07) is 14.8. The second-order valence-corrected chi connectivity index (χ2v) is 5.71. The Kier molecular flexibility index (Phi) is 5.89. The first-order valence-corrected chi connectivity index (χ1v) is 8.53. The molecule has 0 saturated carbocycles. The molecule has 0 saturated heterocycles. The highest BCUT2D eigenvalue weighted by atomic mass is 16.5. The van der Waals surface area contributed by atoms with Crippen molar-refractivity contribution in [3.05, 3.63) is 72.6 Å². The van der Waals surface area contributed by atoms with Gasteiger partial charge in [-0.05, 0) is 42.8 Å². The predicted octanol–water partition coefficient (Wildman–Crippen LogP) is 3.93. The molecule has 3 rings (SSSR count). The zero-order valence-electron chi connectivity index (χ0n) is 15.3. The number of amides is 1. The number of para-hydroxylation sites is 2. The van der Waals surface area contributed by atoms with Crippen LogP contribution in [0.2, 0.25) is 0 Å². The molecule has 6 nitrogen and oxygen atoms in total. The number of carbonyl (C=O) groups excluding carboxylic acids is 1. The molecule has 0 aliphatic heterocycles. The zero-order valence-corrected chi connectivity index (χ0v) is 15.3. The lowest BCUT2D eigenvalue weighted by Gasteiger charge is -2.13. The molecule has 0 bridgehead atoms. The molecule has 0 spiro atoms. The maximum Gasteiger partial charge on any atom is 0.262 e. The van der Waals surface area contributed by atoms with Crippen LogP contribution in [0, 0.1) is 0 Å². The summed E-state index contributed by atoms with van der Waals surface area (Å²) in [5, 5.41) is 7.07. The molecule has 3 aromatic rings. The van der Waals surface area contributed by atoms with Crippen molar-refractivity contribution in [2.75, 3.05) is 19.0 Å². The van der Waals surface area contributed by atoms with E-state index in [1.165, 1.54) is 0 Å². The standard InChI is InChI=1S/C21H21N3O3/c1-3-7-16-10-11-19(20(14-16)26-2)27-15-21(25)23-17-8-4-5-9-18(17)24-13-6-12-22-24/h3-14H,15H2,1-2H3,(H,23,25)/b7-3+. The van der Waals surface area contributed by atoms with E-state index in [9.17, 15) is 4.79 Å². The van der Waals surface area contributed by atoms with E-state index in [2.05, 4.69) is 10.4 Å². The van der Waals surface area contributed by atoms with Crippen molar-refractivity contribution < 1.29 is 14.3 Å². The first kappa shape index (κ1) is 18.3. The van der Waals surface area contributed by atoms with Gasteiger partial charge < -0.3 is 14.8 Å². The largest absolute Gasteiger partial charge is 0.493 e. The lowest BCUT2D eigenvalue weighted by Crippen LogP contribution is -2.21. The number of hydrogen-bond donors (Lipinski definition) is 1. The summed E-state index contributed by atoms with van der Waals surface area (Å²) < 4.78 is 12.7. The van der Waals surface area contributed by atoms with Crippen molar-refractivity contribution in [2.24, 2.45) is 0 Å². The Morgan fingerprint density at radius 1 is 1.19 bits per heavy atom. The van der Waals surface area contributed by atoms with Gasteiger partial charge >= 0.3 is 0 Å². The third-order valence-corrected chi connectivity index (χ3v) is 3.83. The smallest absolute Gasteiger partial charge is 0.262 e. The molecule has 138 valence electrons. The number of methoxy groups -OCH3 is 1. The second-order valence-electron chi connectivity index (χ2n) is 5.71. The summed E-state index contributed by atoms with van der Waals surface area (Å²) in [5.41, 5.74) is 2.44. The highest BCUT2D eigenvalue weighted by Gasteiger charge is 2.11. The van der Waals surface area contributed by atoms with E-state index in [0.29, 0.717) is 17.2 Å². The minimum absolute atomic E-state index is 0.132. The van der Waals surface area contributed by atoms with Crippen LogP contribution in [0.4, 0.5) is 5.69 Å². The number of benzene rings is 2. The van der Waals surface area contributed by atoms with Crippen LogP contribution in [0.15, 0.2) is 67.0 Å². The summed E-state index contributed by atoms with van der Waals surface area (Å²) in [7, 11) is 1.57. The molecule has 1 amide bonds. The molecule has 0 fully saturated rings. The van der Waals surface area contributed by atoms with Crippen LogP contribution >= 0.6 is 0 Å². The Hall–Kier alpha value is -3.54. The average Bonchev–Trinajstić information content (AvgIpc) is 3.22. The van der Waals surface area contributed by atoms with E-state index in [-0.39, 0.29) is 12.5 Å². The Labute approximate surface area is 158 Å². The Morgan fingerprint density at radius 2 is 2.04 bits per heavy atom. The first-order chi connectivity index (χ1) is 13.2. The molecule has 0 radical (unpaired) electrons. The second kappa shape index (κ2) is 8.71. The SMILES string of the molecule is C/C=C/c1ccc(OCC(=O)Nc2ccccc2-n2cccn2)c(OC)c1. The van der Waals surface area contributed by atoms with Gasteiger partial charge in [0.05, 0.1) is 18.5 Å². The van der Waals surface area contributed by atoms with Crippen molar-refractivity contribution in [1.82, 2.24) is 9.78 Å². The fourth-order valence-corrected chi connectivity index (χ4v) is 2.62. The molecule has 2 aromatic carbocycles.